The van der Waals surface area contributed by atoms with Gasteiger partial charge in [-0.2, -0.15) is 0 Å². The lowest BCUT2D eigenvalue weighted by atomic mass is 9.81. The first-order valence-electron chi connectivity index (χ1n) is 6.29. The lowest BCUT2D eigenvalue weighted by Gasteiger charge is -2.25. The van der Waals surface area contributed by atoms with Gasteiger partial charge in [0.25, 0.3) is 0 Å². The second-order valence-corrected chi connectivity index (χ2v) is 6.45. The van der Waals surface area contributed by atoms with Crippen LogP contribution in [0.4, 0.5) is 0 Å². The van der Waals surface area contributed by atoms with E-state index >= 15 is 0 Å². The number of nitrogens with zero attached hydrogens (tertiary/aromatic N) is 1. The maximum absolute atomic E-state index is 5.39. The zero-order valence-corrected chi connectivity index (χ0v) is 12.1. The summed E-state index contributed by atoms with van der Waals surface area (Å²) < 4.78 is 0. The van der Waals surface area contributed by atoms with Gasteiger partial charge in [-0.05, 0) is 16.5 Å². The summed E-state index contributed by atoms with van der Waals surface area (Å²) in [4.78, 5) is 4.12. The molecule has 0 atom stereocenters. The van der Waals surface area contributed by atoms with E-state index < -0.39 is 0 Å². The average Bonchev–Trinajstić information content (AvgIpc) is 2.26. The van der Waals surface area contributed by atoms with E-state index in [1.54, 1.807) is 0 Å². The molecule has 100 valence electrons. The third kappa shape index (κ3) is 3.76. The molecule has 4 N–H and O–H groups in total. The van der Waals surface area contributed by atoms with Crippen LogP contribution in [0.1, 0.15) is 45.7 Å². The fraction of sp³-hybridized carbons (Fsp3) is 0.533. The largest absolute Gasteiger partial charge is 0.370 e. The molecule has 0 radical (unpaired) electrons. The maximum Gasteiger partial charge on any atom is 0.185 e. The number of nitrogens with two attached hydrogens (primary N) is 2. The molecule has 0 aromatic heterocycles. The van der Waals surface area contributed by atoms with Gasteiger partial charge in [-0.1, -0.05) is 58.9 Å². The smallest absolute Gasteiger partial charge is 0.185 e. The summed E-state index contributed by atoms with van der Waals surface area (Å²) in [6.07, 6.45) is 0. The Kier molecular flexibility index (Phi) is 4.05. The molecular weight excluding hydrogens is 222 g/mol. The summed E-state index contributed by atoms with van der Waals surface area (Å²) in [5.74, 6) is 0.148. The van der Waals surface area contributed by atoms with Crippen molar-refractivity contribution in [2.24, 2.45) is 16.5 Å². The molecule has 0 spiro atoms. The van der Waals surface area contributed by atoms with Gasteiger partial charge in [0.15, 0.2) is 5.96 Å². The van der Waals surface area contributed by atoms with Gasteiger partial charge in [-0.15, -0.1) is 0 Å². The Hall–Kier alpha value is -1.51. The molecule has 0 amide bonds. The van der Waals surface area contributed by atoms with Crippen LogP contribution in [0.2, 0.25) is 0 Å². The van der Waals surface area contributed by atoms with Crippen molar-refractivity contribution in [3.63, 3.8) is 0 Å². The van der Waals surface area contributed by atoms with E-state index in [2.05, 4.69) is 63.9 Å². The van der Waals surface area contributed by atoms with Crippen molar-refractivity contribution in [1.29, 1.82) is 0 Å². The van der Waals surface area contributed by atoms with E-state index in [0.717, 1.165) is 0 Å². The quantitative estimate of drug-likeness (QED) is 0.637. The molecule has 0 aliphatic rings. The van der Waals surface area contributed by atoms with Gasteiger partial charge >= 0.3 is 0 Å². The lowest BCUT2D eigenvalue weighted by Crippen LogP contribution is -2.28. The first kappa shape index (κ1) is 14.6. The Balaban J connectivity index is 2.94. The number of guanidine groups is 1. The van der Waals surface area contributed by atoms with Crippen LogP contribution < -0.4 is 11.5 Å². The molecule has 1 aromatic rings. The Morgan fingerprint density at radius 2 is 1.39 bits per heavy atom. The van der Waals surface area contributed by atoms with Crippen LogP contribution in [0.5, 0.6) is 0 Å². The zero-order valence-electron chi connectivity index (χ0n) is 12.1. The highest BCUT2D eigenvalue weighted by Crippen LogP contribution is 2.27. The highest BCUT2D eigenvalue weighted by atomic mass is 15.0. The third-order valence-corrected chi connectivity index (χ3v) is 3.19. The highest BCUT2D eigenvalue weighted by Gasteiger charge is 2.21. The van der Waals surface area contributed by atoms with E-state index in [1.165, 1.54) is 11.1 Å². The first-order valence-corrected chi connectivity index (χ1v) is 6.29. The van der Waals surface area contributed by atoms with Crippen LogP contribution in [0, 0.1) is 0 Å². The zero-order chi connectivity index (χ0) is 14.0. The summed E-state index contributed by atoms with van der Waals surface area (Å²) in [5.41, 5.74) is 13.5. The van der Waals surface area contributed by atoms with Gasteiger partial charge in [0.2, 0.25) is 0 Å². The first-order chi connectivity index (χ1) is 8.13. The molecule has 0 aliphatic heterocycles. The molecule has 0 fully saturated rings. The molecule has 3 nitrogen and oxygen atoms in total. The van der Waals surface area contributed by atoms with Crippen LogP contribution >= 0.6 is 0 Å². The summed E-state index contributed by atoms with van der Waals surface area (Å²) in [6.45, 7) is 11.5. The summed E-state index contributed by atoms with van der Waals surface area (Å²) in [7, 11) is 0. The SMILES string of the molecule is CC(C)(C)c1ccc(C(C)(C)CN=C(N)N)cc1. The van der Waals surface area contributed by atoms with Gasteiger partial charge < -0.3 is 11.5 Å². The number of hydrogen-bond acceptors (Lipinski definition) is 1. The van der Waals surface area contributed by atoms with Crippen molar-refractivity contribution in [3.05, 3.63) is 35.4 Å². The van der Waals surface area contributed by atoms with E-state index in [4.69, 9.17) is 11.5 Å². The molecule has 0 heterocycles. The number of hydrogen-bond donors (Lipinski definition) is 2. The normalized spacial score (nSPS) is 12.3. The van der Waals surface area contributed by atoms with E-state index in [9.17, 15) is 0 Å². The van der Waals surface area contributed by atoms with E-state index in [1.807, 2.05) is 0 Å². The van der Waals surface area contributed by atoms with Gasteiger partial charge in [-0.3, -0.25) is 4.99 Å². The second kappa shape index (κ2) is 5.01. The summed E-state index contributed by atoms with van der Waals surface area (Å²) in [6, 6.07) is 8.71. The van der Waals surface area contributed by atoms with Crippen LogP contribution in [0.3, 0.4) is 0 Å². The van der Waals surface area contributed by atoms with E-state index in [-0.39, 0.29) is 16.8 Å². The van der Waals surface area contributed by atoms with Gasteiger partial charge in [0, 0.05) is 5.41 Å². The van der Waals surface area contributed by atoms with Crippen LogP contribution in [0.25, 0.3) is 0 Å². The van der Waals surface area contributed by atoms with Gasteiger partial charge in [-0.25, -0.2) is 0 Å². The molecule has 3 heteroatoms. The number of benzene rings is 1. The molecule has 0 aliphatic carbocycles. The molecule has 1 rings (SSSR count). The predicted octanol–water partition coefficient (Wildman–Crippen LogP) is 2.54. The van der Waals surface area contributed by atoms with Crippen molar-refractivity contribution < 1.29 is 0 Å². The molecule has 1 aromatic carbocycles. The minimum Gasteiger partial charge on any atom is -0.370 e. The molecule has 0 saturated heterocycles. The fourth-order valence-corrected chi connectivity index (χ4v) is 1.80. The van der Waals surface area contributed by atoms with Gasteiger partial charge in [0.05, 0.1) is 6.54 Å². The fourth-order valence-electron chi connectivity index (χ4n) is 1.80. The standard InChI is InChI=1S/C15H25N3/c1-14(2,3)11-6-8-12(9-7-11)15(4,5)10-18-13(16)17/h6-9H,10H2,1-5H3,(H4,16,17,18). The summed E-state index contributed by atoms with van der Waals surface area (Å²) >= 11 is 0. The second-order valence-electron chi connectivity index (χ2n) is 6.45. The number of rotatable bonds is 3. The molecule has 18 heavy (non-hydrogen) atoms. The van der Waals surface area contributed by atoms with Crippen molar-refractivity contribution in [2.75, 3.05) is 6.54 Å². The van der Waals surface area contributed by atoms with Crippen LogP contribution in [0.15, 0.2) is 29.3 Å². The molecule has 0 unspecified atom stereocenters. The minimum absolute atomic E-state index is 0.0552. The predicted molar refractivity (Wildman–Crippen MR) is 78.8 cm³/mol. The molecular formula is C15H25N3. The van der Waals surface area contributed by atoms with Crippen LogP contribution in [-0.4, -0.2) is 12.5 Å². The molecule has 0 bridgehead atoms. The lowest BCUT2D eigenvalue weighted by molar-refractivity contribution is 0.537. The molecule has 0 saturated carbocycles. The minimum atomic E-state index is -0.0552. The number of aliphatic imine (C=N–C) groups is 1. The van der Waals surface area contributed by atoms with Gasteiger partial charge in [0.1, 0.15) is 0 Å². The topological polar surface area (TPSA) is 64.4 Å². The maximum atomic E-state index is 5.39. The van der Waals surface area contributed by atoms with Crippen molar-refractivity contribution in [1.82, 2.24) is 0 Å². The highest BCUT2D eigenvalue weighted by molar-refractivity contribution is 5.75. The Morgan fingerprint density at radius 1 is 0.944 bits per heavy atom. The van der Waals surface area contributed by atoms with E-state index in [0.29, 0.717) is 6.54 Å². The van der Waals surface area contributed by atoms with Crippen molar-refractivity contribution in [2.45, 2.75) is 45.4 Å². The summed E-state index contributed by atoms with van der Waals surface area (Å²) in [5, 5.41) is 0. The third-order valence-electron chi connectivity index (χ3n) is 3.19. The average molecular weight is 247 g/mol. The van der Waals surface area contributed by atoms with Crippen molar-refractivity contribution >= 4 is 5.96 Å². The van der Waals surface area contributed by atoms with Crippen LogP contribution in [-0.2, 0) is 10.8 Å². The Bertz CT molecular complexity index is 418. The Labute approximate surface area is 110 Å². The monoisotopic (exact) mass is 247 g/mol. The van der Waals surface area contributed by atoms with Crippen molar-refractivity contribution in [3.8, 4) is 0 Å². The Morgan fingerprint density at radius 3 is 1.78 bits per heavy atom.